The Hall–Kier alpha value is -1.43. The molecule has 2 rings (SSSR count). The fourth-order valence-corrected chi connectivity index (χ4v) is 2.25. The van der Waals surface area contributed by atoms with Gasteiger partial charge < -0.3 is 19.3 Å². The normalized spacial score (nSPS) is 25.3. The van der Waals surface area contributed by atoms with Crippen LogP contribution in [0.25, 0.3) is 0 Å². The Morgan fingerprint density at radius 2 is 2.10 bits per heavy atom. The monoisotopic (exact) mass is 294 g/mol. The first-order valence-electron chi connectivity index (χ1n) is 7.09. The largest absolute Gasteiger partial charge is 0.479 e. The zero-order valence-electron chi connectivity index (χ0n) is 12.7. The van der Waals surface area contributed by atoms with Crippen LogP contribution in [0.15, 0.2) is 24.3 Å². The zero-order chi connectivity index (χ0) is 15.5. The van der Waals surface area contributed by atoms with E-state index in [4.69, 9.17) is 14.2 Å². The fraction of sp³-hybridized carbons (Fsp3) is 0.562. The van der Waals surface area contributed by atoms with Gasteiger partial charge in [-0.2, -0.15) is 0 Å². The molecule has 1 heterocycles. The van der Waals surface area contributed by atoms with Gasteiger partial charge in [-0.05, 0) is 25.8 Å². The van der Waals surface area contributed by atoms with Gasteiger partial charge in [0.15, 0.2) is 11.9 Å². The Bertz CT molecular complexity index is 484. The third-order valence-corrected chi connectivity index (χ3v) is 3.85. The summed E-state index contributed by atoms with van der Waals surface area (Å²) in [6.07, 6.45) is 1.06. The van der Waals surface area contributed by atoms with E-state index in [2.05, 4.69) is 0 Å². The highest BCUT2D eigenvalue weighted by Crippen LogP contribution is 2.27. The minimum Gasteiger partial charge on any atom is -0.479 e. The molecule has 5 nitrogen and oxygen atoms in total. The Labute approximate surface area is 124 Å². The van der Waals surface area contributed by atoms with E-state index >= 15 is 0 Å². The first-order valence-corrected chi connectivity index (χ1v) is 7.09. The van der Waals surface area contributed by atoms with Crippen LogP contribution in [0.4, 0.5) is 0 Å². The number of carbonyl (C=O) groups is 1. The fourth-order valence-electron chi connectivity index (χ4n) is 2.25. The second kappa shape index (κ2) is 6.56. The SMILES string of the molecule is COC(C)(Cc1ccc(C2OCCC(C)O2)cc1)C(=O)O. The average Bonchev–Trinajstić information content (AvgIpc) is 2.47. The lowest BCUT2D eigenvalue weighted by Gasteiger charge is -2.28. The lowest BCUT2D eigenvalue weighted by Crippen LogP contribution is -2.39. The molecule has 0 spiro atoms. The van der Waals surface area contributed by atoms with Gasteiger partial charge >= 0.3 is 5.97 Å². The van der Waals surface area contributed by atoms with Crippen molar-refractivity contribution < 1.29 is 24.1 Å². The number of carboxylic acids is 1. The van der Waals surface area contributed by atoms with E-state index in [9.17, 15) is 9.90 Å². The van der Waals surface area contributed by atoms with Crippen molar-refractivity contribution >= 4 is 5.97 Å². The second-order valence-corrected chi connectivity index (χ2v) is 5.60. The Morgan fingerprint density at radius 1 is 1.43 bits per heavy atom. The van der Waals surface area contributed by atoms with E-state index in [-0.39, 0.29) is 12.4 Å². The topological polar surface area (TPSA) is 65.0 Å². The van der Waals surface area contributed by atoms with E-state index < -0.39 is 11.6 Å². The number of benzene rings is 1. The molecule has 116 valence electrons. The highest BCUT2D eigenvalue weighted by atomic mass is 16.7. The van der Waals surface area contributed by atoms with Gasteiger partial charge in [-0.1, -0.05) is 24.3 Å². The molecule has 1 saturated heterocycles. The number of ether oxygens (including phenoxy) is 3. The van der Waals surface area contributed by atoms with Gasteiger partial charge in [0.2, 0.25) is 0 Å². The Kier molecular flexibility index (Phi) is 4.98. The van der Waals surface area contributed by atoms with Crippen molar-refractivity contribution in [2.75, 3.05) is 13.7 Å². The molecule has 0 saturated carbocycles. The molecule has 0 radical (unpaired) electrons. The van der Waals surface area contributed by atoms with Crippen LogP contribution in [0.5, 0.6) is 0 Å². The van der Waals surface area contributed by atoms with Gasteiger partial charge in [-0.3, -0.25) is 0 Å². The lowest BCUT2D eigenvalue weighted by molar-refractivity contribution is -0.212. The molecule has 21 heavy (non-hydrogen) atoms. The third kappa shape index (κ3) is 3.81. The van der Waals surface area contributed by atoms with Crippen molar-refractivity contribution in [1.82, 2.24) is 0 Å². The van der Waals surface area contributed by atoms with Crippen LogP contribution >= 0.6 is 0 Å². The molecule has 1 aromatic carbocycles. The van der Waals surface area contributed by atoms with Crippen molar-refractivity contribution in [3.63, 3.8) is 0 Å². The summed E-state index contributed by atoms with van der Waals surface area (Å²) in [6.45, 7) is 4.29. The van der Waals surface area contributed by atoms with Gasteiger partial charge in [0.1, 0.15) is 0 Å². The highest BCUT2D eigenvalue weighted by molar-refractivity contribution is 5.77. The van der Waals surface area contributed by atoms with Gasteiger partial charge in [0, 0.05) is 19.1 Å². The van der Waals surface area contributed by atoms with Crippen LogP contribution in [0.1, 0.15) is 37.7 Å². The summed E-state index contributed by atoms with van der Waals surface area (Å²) in [6, 6.07) is 7.61. The molecule has 1 aliphatic rings. The Morgan fingerprint density at radius 3 is 2.62 bits per heavy atom. The maximum absolute atomic E-state index is 11.2. The molecule has 0 bridgehead atoms. The molecule has 1 N–H and O–H groups in total. The van der Waals surface area contributed by atoms with Crippen molar-refractivity contribution in [1.29, 1.82) is 0 Å². The molecule has 5 heteroatoms. The van der Waals surface area contributed by atoms with Crippen molar-refractivity contribution in [2.24, 2.45) is 0 Å². The molecule has 1 fully saturated rings. The zero-order valence-corrected chi connectivity index (χ0v) is 12.7. The maximum Gasteiger partial charge on any atom is 0.336 e. The highest BCUT2D eigenvalue weighted by Gasteiger charge is 2.33. The first kappa shape index (κ1) is 15.9. The minimum absolute atomic E-state index is 0.187. The summed E-state index contributed by atoms with van der Waals surface area (Å²) in [4.78, 5) is 11.2. The van der Waals surface area contributed by atoms with Gasteiger partial charge in [-0.15, -0.1) is 0 Å². The molecule has 0 amide bonds. The third-order valence-electron chi connectivity index (χ3n) is 3.85. The van der Waals surface area contributed by atoms with Crippen LogP contribution in [0, 0.1) is 0 Å². The van der Waals surface area contributed by atoms with Crippen LogP contribution in [0.3, 0.4) is 0 Å². The molecular weight excluding hydrogens is 272 g/mol. The van der Waals surface area contributed by atoms with E-state index in [0.717, 1.165) is 17.5 Å². The summed E-state index contributed by atoms with van der Waals surface area (Å²) in [5.74, 6) is -0.971. The van der Waals surface area contributed by atoms with E-state index in [1.54, 1.807) is 6.92 Å². The lowest BCUT2D eigenvalue weighted by atomic mass is 9.95. The molecule has 0 aromatic heterocycles. The summed E-state index contributed by atoms with van der Waals surface area (Å²) in [5.41, 5.74) is 0.627. The van der Waals surface area contributed by atoms with Crippen LogP contribution in [-0.4, -0.2) is 36.5 Å². The van der Waals surface area contributed by atoms with Crippen molar-refractivity contribution in [3.05, 3.63) is 35.4 Å². The van der Waals surface area contributed by atoms with Gasteiger partial charge in [-0.25, -0.2) is 4.79 Å². The summed E-state index contributed by atoms with van der Waals surface area (Å²) >= 11 is 0. The number of hydrogen-bond acceptors (Lipinski definition) is 4. The number of methoxy groups -OCH3 is 1. The summed E-state index contributed by atoms with van der Waals surface area (Å²) < 4.78 is 16.4. The van der Waals surface area contributed by atoms with E-state index in [0.29, 0.717) is 13.0 Å². The summed E-state index contributed by atoms with van der Waals surface area (Å²) in [7, 11) is 1.41. The Balaban J connectivity index is 2.06. The molecule has 0 aliphatic carbocycles. The number of carboxylic acid groups (broad SMARTS) is 1. The minimum atomic E-state index is -1.21. The molecule has 1 aromatic rings. The average molecular weight is 294 g/mol. The second-order valence-electron chi connectivity index (χ2n) is 5.60. The van der Waals surface area contributed by atoms with Crippen molar-refractivity contribution in [2.45, 2.75) is 44.7 Å². The molecule has 3 unspecified atom stereocenters. The van der Waals surface area contributed by atoms with Crippen LogP contribution in [0.2, 0.25) is 0 Å². The van der Waals surface area contributed by atoms with Crippen LogP contribution < -0.4 is 0 Å². The first-order chi connectivity index (χ1) is 9.94. The molecule has 1 aliphatic heterocycles. The van der Waals surface area contributed by atoms with E-state index in [1.807, 2.05) is 31.2 Å². The standard InChI is InChI=1S/C16H22O5/c1-11-8-9-20-14(21-11)13-6-4-12(5-7-13)10-16(2,19-3)15(17)18/h4-7,11,14H,8-10H2,1-3H3,(H,17,18). The summed E-state index contributed by atoms with van der Waals surface area (Å²) in [5, 5.41) is 9.22. The van der Waals surface area contributed by atoms with Gasteiger partial charge in [0.25, 0.3) is 0 Å². The van der Waals surface area contributed by atoms with Crippen LogP contribution in [-0.2, 0) is 25.4 Å². The number of hydrogen-bond donors (Lipinski definition) is 1. The van der Waals surface area contributed by atoms with Crippen molar-refractivity contribution in [3.8, 4) is 0 Å². The molecular formula is C16H22O5. The number of aliphatic carboxylic acids is 1. The smallest absolute Gasteiger partial charge is 0.336 e. The quantitative estimate of drug-likeness (QED) is 0.904. The molecule has 3 atom stereocenters. The predicted molar refractivity (Wildman–Crippen MR) is 77.1 cm³/mol. The maximum atomic E-state index is 11.2. The number of rotatable bonds is 5. The van der Waals surface area contributed by atoms with E-state index in [1.165, 1.54) is 7.11 Å². The van der Waals surface area contributed by atoms with Gasteiger partial charge in [0.05, 0.1) is 12.7 Å². The predicted octanol–water partition coefficient (Wildman–Crippen LogP) is 2.54.